The average molecular weight is 209 g/mol. The van der Waals surface area contributed by atoms with Gasteiger partial charge >= 0.3 is 0 Å². The van der Waals surface area contributed by atoms with Gasteiger partial charge in [0, 0.05) is 7.11 Å². The van der Waals surface area contributed by atoms with Gasteiger partial charge in [-0.15, -0.1) is 0 Å². The molecule has 0 aliphatic carbocycles. The van der Waals surface area contributed by atoms with E-state index in [0.717, 1.165) is 20.0 Å². The zero-order valence-electron chi connectivity index (χ0n) is 8.70. The van der Waals surface area contributed by atoms with Crippen molar-refractivity contribution in [1.29, 1.82) is 0 Å². The third-order valence-electron chi connectivity index (χ3n) is 2.50. The predicted octanol–water partition coefficient (Wildman–Crippen LogP) is 1.94. The Morgan fingerprint density at radius 2 is 1.85 bits per heavy atom. The summed E-state index contributed by atoms with van der Waals surface area (Å²) in [4.78, 5) is 10.9. The smallest absolute Gasteiger partial charge is 0.267 e. The van der Waals surface area contributed by atoms with Crippen molar-refractivity contribution < 1.29 is 18.5 Å². The van der Waals surface area contributed by atoms with Crippen LogP contribution < -0.4 is 4.89 Å². The van der Waals surface area contributed by atoms with Gasteiger partial charge < -0.3 is 13.9 Å². The summed E-state index contributed by atoms with van der Waals surface area (Å²) < 4.78 is 19.8. The van der Waals surface area contributed by atoms with E-state index in [1.54, 1.807) is 0 Å². The number of phosphoric ester groups is 1. The molecule has 1 unspecified atom stereocenters. The maximum Gasteiger partial charge on any atom is 0.267 e. The number of hydrogen-bond acceptors (Lipinski definition) is 4. The normalized spacial score (nSPS) is 17.0. The lowest BCUT2D eigenvalue weighted by Gasteiger charge is -2.30. The Labute approximate surface area is 79.9 Å². The van der Waals surface area contributed by atoms with E-state index in [1.165, 1.54) is 0 Å². The highest BCUT2D eigenvalue weighted by atomic mass is 31.2. The molecule has 0 saturated heterocycles. The first kappa shape index (κ1) is 13.1. The highest BCUT2D eigenvalue weighted by Crippen LogP contribution is 2.40. The van der Waals surface area contributed by atoms with Crippen LogP contribution in [0.2, 0.25) is 0 Å². The Hall–Kier alpha value is 0.110. The fourth-order valence-corrected chi connectivity index (χ4v) is 1.32. The topological polar surface area (TPSA) is 58.6 Å². The van der Waals surface area contributed by atoms with E-state index in [-0.39, 0.29) is 12.0 Å². The van der Waals surface area contributed by atoms with Crippen molar-refractivity contribution in [2.75, 3.05) is 13.7 Å². The van der Waals surface area contributed by atoms with Gasteiger partial charge in [-0.1, -0.05) is 20.8 Å². The van der Waals surface area contributed by atoms with Gasteiger partial charge in [-0.3, -0.25) is 4.57 Å². The Bertz CT molecular complexity index is 189. The van der Waals surface area contributed by atoms with Crippen LogP contribution in [0.15, 0.2) is 0 Å². The molecule has 13 heavy (non-hydrogen) atoms. The molecule has 80 valence electrons. The zero-order chi connectivity index (χ0) is 10.5. The Balaban J connectivity index is 4.07. The van der Waals surface area contributed by atoms with Crippen LogP contribution >= 0.6 is 7.82 Å². The summed E-state index contributed by atoms with van der Waals surface area (Å²) in [5, 5.41) is 0. The highest BCUT2D eigenvalue weighted by molar-refractivity contribution is 7.45. The highest BCUT2D eigenvalue weighted by Gasteiger charge is 2.22. The molecular weight excluding hydrogens is 191 g/mol. The zero-order valence-corrected chi connectivity index (χ0v) is 9.60. The molecule has 0 aromatic rings. The van der Waals surface area contributed by atoms with Gasteiger partial charge in [0.15, 0.2) is 0 Å². The van der Waals surface area contributed by atoms with Gasteiger partial charge in [-0.05, 0) is 18.3 Å². The van der Waals surface area contributed by atoms with E-state index in [4.69, 9.17) is 4.52 Å². The van der Waals surface area contributed by atoms with Crippen LogP contribution in [0.3, 0.4) is 0 Å². The van der Waals surface area contributed by atoms with Gasteiger partial charge in [0.25, 0.3) is 7.82 Å². The van der Waals surface area contributed by atoms with Crippen molar-refractivity contribution in [2.24, 2.45) is 5.41 Å². The summed E-state index contributed by atoms with van der Waals surface area (Å²) in [6.45, 7) is 6.20. The molecule has 0 rings (SSSR count). The maximum absolute atomic E-state index is 10.9. The fraction of sp³-hybridized carbons (Fsp3) is 1.00. The van der Waals surface area contributed by atoms with Crippen LogP contribution in [0.1, 0.15) is 33.6 Å². The summed E-state index contributed by atoms with van der Waals surface area (Å²) in [6, 6.07) is 0. The van der Waals surface area contributed by atoms with Crippen molar-refractivity contribution in [3.63, 3.8) is 0 Å². The molecule has 0 spiro atoms. The number of rotatable bonds is 6. The van der Waals surface area contributed by atoms with Gasteiger partial charge in [0.1, 0.15) is 0 Å². The number of phosphoric acid groups is 1. The summed E-state index contributed by atoms with van der Waals surface area (Å²) in [5.41, 5.74) is -0.0847. The molecule has 0 fully saturated rings. The van der Waals surface area contributed by atoms with Crippen LogP contribution in [0.25, 0.3) is 0 Å². The Morgan fingerprint density at radius 1 is 1.38 bits per heavy atom. The second kappa shape index (κ2) is 5.11. The first-order chi connectivity index (χ1) is 5.89. The molecule has 0 amide bonds. The van der Waals surface area contributed by atoms with Crippen molar-refractivity contribution in [2.45, 2.75) is 33.6 Å². The lowest BCUT2D eigenvalue weighted by Crippen LogP contribution is -2.22. The minimum Gasteiger partial charge on any atom is -0.756 e. The summed E-state index contributed by atoms with van der Waals surface area (Å²) in [5.74, 6) is 0. The van der Waals surface area contributed by atoms with Gasteiger partial charge in [-0.25, -0.2) is 0 Å². The molecule has 0 aromatic heterocycles. The standard InChI is InChI=1S/C8H19O4P/c1-5-8(3,6-2)7-12-13(9,10)11-4/h5-7H2,1-4H3,(H,9,10)/p-1. The van der Waals surface area contributed by atoms with Crippen molar-refractivity contribution in [3.8, 4) is 0 Å². The SMILES string of the molecule is CCC(C)(CC)COP(=O)([O-])OC. The minimum atomic E-state index is -4.05. The largest absolute Gasteiger partial charge is 0.756 e. The lowest BCUT2D eigenvalue weighted by atomic mass is 9.86. The van der Waals surface area contributed by atoms with Crippen LogP contribution in [0.5, 0.6) is 0 Å². The van der Waals surface area contributed by atoms with Gasteiger partial charge in [0.05, 0.1) is 6.61 Å². The second-order valence-electron chi connectivity index (χ2n) is 3.42. The Morgan fingerprint density at radius 3 is 2.15 bits per heavy atom. The third-order valence-corrected chi connectivity index (χ3v) is 3.39. The molecule has 4 nitrogen and oxygen atoms in total. The molecule has 0 bridgehead atoms. The van der Waals surface area contributed by atoms with Crippen LogP contribution in [-0.2, 0) is 13.6 Å². The summed E-state index contributed by atoms with van der Waals surface area (Å²) in [7, 11) is -2.95. The fourth-order valence-electron chi connectivity index (χ4n) is 0.742. The van der Waals surface area contributed by atoms with Crippen molar-refractivity contribution in [3.05, 3.63) is 0 Å². The maximum atomic E-state index is 10.9. The first-order valence-corrected chi connectivity index (χ1v) is 5.86. The third kappa shape index (κ3) is 4.77. The van der Waals surface area contributed by atoms with E-state index in [1.807, 2.05) is 20.8 Å². The van der Waals surface area contributed by atoms with Crippen molar-refractivity contribution in [1.82, 2.24) is 0 Å². The molecule has 0 saturated carbocycles. The monoisotopic (exact) mass is 209 g/mol. The first-order valence-electron chi connectivity index (χ1n) is 4.40. The second-order valence-corrected chi connectivity index (χ2v) is 4.94. The number of hydrogen-bond donors (Lipinski definition) is 0. The Kier molecular flexibility index (Phi) is 5.15. The molecule has 0 N–H and O–H groups in total. The van der Waals surface area contributed by atoms with Gasteiger partial charge in [-0.2, -0.15) is 0 Å². The molecule has 5 heteroatoms. The van der Waals surface area contributed by atoms with Crippen LogP contribution in [-0.4, -0.2) is 13.7 Å². The van der Waals surface area contributed by atoms with Crippen LogP contribution in [0.4, 0.5) is 0 Å². The molecule has 0 radical (unpaired) electrons. The quantitative estimate of drug-likeness (QED) is 0.627. The summed E-state index contributed by atoms with van der Waals surface area (Å²) in [6.07, 6.45) is 1.76. The van der Waals surface area contributed by atoms with Crippen molar-refractivity contribution >= 4 is 7.82 Å². The van der Waals surface area contributed by atoms with E-state index in [2.05, 4.69) is 4.52 Å². The average Bonchev–Trinajstić information content (AvgIpc) is 2.14. The predicted molar refractivity (Wildman–Crippen MR) is 49.3 cm³/mol. The van der Waals surface area contributed by atoms with E-state index in [9.17, 15) is 9.46 Å². The molecule has 0 aromatic carbocycles. The lowest BCUT2D eigenvalue weighted by molar-refractivity contribution is -0.225. The molecular formula is C8H18O4P-. The van der Waals surface area contributed by atoms with Crippen LogP contribution in [0, 0.1) is 5.41 Å². The molecule has 0 aliphatic rings. The summed E-state index contributed by atoms with van der Waals surface area (Å²) >= 11 is 0. The van der Waals surface area contributed by atoms with Gasteiger partial charge in [0.2, 0.25) is 0 Å². The van der Waals surface area contributed by atoms with E-state index < -0.39 is 7.82 Å². The molecule has 0 heterocycles. The van der Waals surface area contributed by atoms with E-state index in [0.29, 0.717) is 0 Å². The minimum absolute atomic E-state index is 0.0847. The molecule has 0 aliphatic heterocycles. The van der Waals surface area contributed by atoms with E-state index >= 15 is 0 Å². The molecule has 1 atom stereocenters.